The van der Waals surface area contributed by atoms with Crippen LogP contribution in [0.15, 0.2) is 52.1 Å². The van der Waals surface area contributed by atoms with Gasteiger partial charge in [0.15, 0.2) is 0 Å². The van der Waals surface area contributed by atoms with Crippen molar-refractivity contribution in [3.05, 3.63) is 48.3 Å². The molecule has 0 aliphatic carbocycles. The Morgan fingerprint density at radius 2 is 1.90 bits per heavy atom. The van der Waals surface area contributed by atoms with E-state index in [1.807, 2.05) is 6.92 Å². The second-order valence-corrected chi connectivity index (χ2v) is 6.77. The summed E-state index contributed by atoms with van der Waals surface area (Å²) < 4.78 is 29.3. The molecule has 0 unspecified atom stereocenters. The quantitative estimate of drug-likeness (QED) is 0.512. The van der Waals surface area contributed by atoms with Gasteiger partial charge in [-0.05, 0) is 43.3 Å². The van der Waals surface area contributed by atoms with Gasteiger partial charge in [0.25, 0.3) is 11.1 Å². The number of halogens is 1. The van der Waals surface area contributed by atoms with E-state index in [-0.39, 0.29) is 28.6 Å². The van der Waals surface area contributed by atoms with Crippen LogP contribution in [-0.4, -0.2) is 42.6 Å². The Balaban J connectivity index is 1.69. The highest BCUT2D eigenvalue weighted by atomic mass is 32.2. The number of rotatable bonds is 8. The molecule has 7 nitrogen and oxygen atoms in total. The molecule has 1 amide bonds. The summed E-state index contributed by atoms with van der Waals surface area (Å²) in [7, 11) is 3.11. The normalized spacial score (nSPS) is 10.6. The molecule has 0 fully saturated rings. The van der Waals surface area contributed by atoms with E-state index in [1.165, 1.54) is 19.2 Å². The molecule has 0 aliphatic heterocycles. The molecule has 0 saturated carbocycles. The molecule has 2 aromatic carbocycles. The van der Waals surface area contributed by atoms with E-state index in [2.05, 4.69) is 10.2 Å². The molecule has 3 aromatic rings. The Kier molecular flexibility index (Phi) is 6.71. The van der Waals surface area contributed by atoms with E-state index in [4.69, 9.17) is 13.9 Å². The Bertz CT molecular complexity index is 978. The fourth-order valence-electron chi connectivity index (χ4n) is 2.68. The lowest BCUT2D eigenvalue weighted by Gasteiger charge is -2.20. The maximum absolute atomic E-state index is 13.1. The smallest absolute Gasteiger partial charge is 0.277 e. The molecule has 9 heteroatoms. The molecule has 0 spiro atoms. The second kappa shape index (κ2) is 9.42. The van der Waals surface area contributed by atoms with E-state index < -0.39 is 0 Å². The number of thioether (sulfide) groups is 1. The van der Waals surface area contributed by atoms with Crippen LogP contribution in [0, 0.1) is 5.82 Å². The van der Waals surface area contributed by atoms with Crippen LogP contribution in [0.5, 0.6) is 11.5 Å². The van der Waals surface area contributed by atoms with Gasteiger partial charge in [0.05, 0.1) is 25.5 Å². The Labute approximate surface area is 171 Å². The number of aromatic nitrogens is 2. The minimum Gasteiger partial charge on any atom is -0.497 e. The topological polar surface area (TPSA) is 77.7 Å². The van der Waals surface area contributed by atoms with Crippen LogP contribution >= 0.6 is 11.8 Å². The molecule has 1 heterocycles. The maximum Gasteiger partial charge on any atom is 0.277 e. The molecule has 0 N–H and O–H groups in total. The van der Waals surface area contributed by atoms with Gasteiger partial charge < -0.3 is 18.8 Å². The molecule has 0 atom stereocenters. The number of hydrogen-bond acceptors (Lipinski definition) is 7. The van der Waals surface area contributed by atoms with Crippen LogP contribution in [-0.2, 0) is 4.79 Å². The van der Waals surface area contributed by atoms with E-state index in [0.29, 0.717) is 29.3 Å². The summed E-state index contributed by atoms with van der Waals surface area (Å²) in [6, 6.07) is 11.0. The highest BCUT2D eigenvalue weighted by Gasteiger charge is 2.18. The van der Waals surface area contributed by atoms with Gasteiger partial charge in [0, 0.05) is 18.3 Å². The summed E-state index contributed by atoms with van der Waals surface area (Å²) in [5.74, 6) is 1.07. The zero-order chi connectivity index (χ0) is 20.8. The fourth-order valence-corrected chi connectivity index (χ4v) is 3.32. The number of methoxy groups -OCH3 is 2. The Morgan fingerprint density at radius 3 is 2.55 bits per heavy atom. The number of nitrogens with zero attached hydrogens (tertiary/aromatic N) is 3. The van der Waals surface area contributed by atoms with E-state index in [9.17, 15) is 9.18 Å². The maximum atomic E-state index is 13.1. The standard InChI is InChI=1S/C20H20FN3O4S/c1-4-24(14-7-5-13(21)6-8-14)18(25)12-29-20-23-22-19(28-20)16-10-9-15(26-2)11-17(16)27-3/h5-11H,4,12H2,1-3H3. The fraction of sp³-hybridized carbons (Fsp3) is 0.250. The van der Waals surface area contributed by atoms with E-state index in [1.54, 1.807) is 42.3 Å². The van der Waals surface area contributed by atoms with Crippen LogP contribution in [0.4, 0.5) is 10.1 Å². The van der Waals surface area contributed by atoms with Crippen LogP contribution in [0.3, 0.4) is 0 Å². The molecule has 152 valence electrons. The van der Waals surface area contributed by atoms with Crippen molar-refractivity contribution in [2.24, 2.45) is 0 Å². The zero-order valence-corrected chi connectivity index (χ0v) is 17.0. The number of hydrogen-bond donors (Lipinski definition) is 0. The molecular formula is C20H20FN3O4S. The average Bonchev–Trinajstić information content (AvgIpc) is 3.22. The van der Waals surface area contributed by atoms with Crippen molar-refractivity contribution >= 4 is 23.4 Å². The largest absolute Gasteiger partial charge is 0.497 e. The summed E-state index contributed by atoms with van der Waals surface area (Å²) in [6.45, 7) is 2.32. The molecule has 0 aliphatic rings. The average molecular weight is 417 g/mol. The van der Waals surface area contributed by atoms with Crippen molar-refractivity contribution in [3.63, 3.8) is 0 Å². The molecular weight excluding hydrogens is 397 g/mol. The third-order valence-corrected chi connectivity index (χ3v) is 4.92. The van der Waals surface area contributed by atoms with Crippen molar-refractivity contribution in [1.82, 2.24) is 10.2 Å². The first-order chi connectivity index (χ1) is 14.0. The summed E-state index contributed by atoms with van der Waals surface area (Å²) in [5, 5.41) is 8.29. The Hall–Kier alpha value is -3.07. The number of amides is 1. The van der Waals surface area contributed by atoms with Crippen molar-refractivity contribution < 1.29 is 23.1 Å². The summed E-state index contributed by atoms with van der Waals surface area (Å²) >= 11 is 1.14. The predicted octanol–water partition coefficient (Wildman–Crippen LogP) is 4.04. The third kappa shape index (κ3) is 4.86. The number of anilines is 1. The van der Waals surface area contributed by atoms with Crippen LogP contribution in [0.1, 0.15) is 6.92 Å². The first-order valence-corrected chi connectivity index (χ1v) is 9.79. The van der Waals surface area contributed by atoms with Crippen LogP contribution in [0.2, 0.25) is 0 Å². The van der Waals surface area contributed by atoms with Gasteiger partial charge in [0.2, 0.25) is 5.91 Å². The van der Waals surface area contributed by atoms with Crippen molar-refractivity contribution in [3.8, 4) is 23.0 Å². The van der Waals surface area contributed by atoms with Gasteiger partial charge in [-0.25, -0.2) is 4.39 Å². The summed E-state index contributed by atoms with van der Waals surface area (Å²) in [5.41, 5.74) is 1.26. The minimum absolute atomic E-state index is 0.104. The number of ether oxygens (including phenoxy) is 2. The van der Waals surface area contributed by atoms with E-state index in [0.717, 1.165) is 11.8 Å². The third-order valence-electron chi connectivity index (χ3n) is 4.12. The molecule has 3 rings (SSSR count). The van der Waals surface area contributed by atoms with E-state index >= 15 is 0 Å². The van der Waals surface area contributed by atoms with Gasteiger partial charge in [-0.3, -0.25) is 4.79 Å². The van der Waals surface area contributed by atoms with Gasteiger partial charge in [0.1, 0.15) is 17.3 Å². The van der Waals surface area contributed by atoms with Crippen LogP contribution in [0.25, 0.3) is 11.5 Å². The monoisotopic (exact) mass is 417 g/mol. The molecule has 0 radical (unpaired) electrons. The SMILES string of the molecule is CCN(C(=O)CSc1nnc(-c2ccc(OC)cc2OC)o1)c1ccc(F)cc1. The van der Waals surface area contributed by atoms with Gasteiger partial charge in [-0.2, -0.15) is 0 Å². The molecule has 0 bridgehead atoms. The van der Waals surface area contributed by atoms with Gasteiger partial charge in [-0.15, -0.1) is 10.2 Å². The van der Waals surface area contributed by atoms with Gasteiger partial charge >= 0.3 is 0 Å². The predicted molar refractivity (Wildman–Crippen MR) is 108 cm³/mol. The molecule has 0 saturated heterocycles. The first-order valence-electron chi connectivity index (χ1n) is 8.80. The second-order valence-electron chi connectivity index (χ2n) is 5.84. The molecule has 29 heavy (non-hydrogen) atoms. The number of carbonyl (C=O) groups excluding carboxylic acids is 1. The van der Waals surface area contributed by atoms with Crippen molar-refractivity contribution in [1.29, 1.82) is 0 Å². The Morgan fingerprint density at radius 1 is 1.14 bits per heavy atom. The zero-order valence-electron chi connectivity index (χ0n) is 16.2. The van der Waals surface area contributed by atoms with Crippen LogP contribution < -0.4 is 14.4 Å². The summed E-state index contributed by atoms with van der Waals surface area (Å²) in [4.78, 5) is 14.1. The molecule has 1 aromatic heterocycles. The van der Waals surface area contributed by atoms with Gasteiger partial charge in [-0.1, -0.05) is 11.8 Å². The first kappa shape index (κ1) is 20.7. The summed E-state index contributed by atoms with van der Waals surface area (Å²) in [6.07, 6.45) is 0. The highest BCUT2D eigenvalue weighted by molar-refractivity contribution is 7.99. The van der Waals surface area contributed by atoms with Crippen molar-refractivity contribution in [2.45, 2.75) is 12.1 Å². The lowest BCUT2D eigenvalue weighted by Crippen LogP contribution is -2.32. The lowest BCUT2D eigenvalue weighted by molar-refractivity contribution is -0.116. The highest BCUT2D eigenvalue weighted by Crippen LogP contribution is 2.33. The minimum atomic E-state index is -0.348. The number of benzene rings is 2. The van der Waals surface area contributed by atoms with Crippen molar-refractivity contribution in [2.75, 3.05) is 31.4 Å². The lowest BCUT2D eigenvalue weighted by atomic mass is 10.2. The number of carbonyl (C=O) groups is 1.